The van der Waals surface area contributed by atoms with Gasteiger partial charge in [-0.15, -0.1) is 0 Å². The second kappa shape index (κ2) is 7.95. The predicted octanol–water partition coefficient (Wildman–Crippen LogP) is 9.24. The summed E-state index contributed by atoms with van der Waals surface area (Å²) in [4.78, 5) is 13.7. The lowest BCUT2D eigenvalue weighted by molar-refractivity contribution is 0.101. The van der Waals surface area contributed by atoms with Gasteiger partial charge in [0.2, 0.25) is 0 Å². The van der Waals surface area contributed by atoms with Gasteiger partial charge in [0.05, 0.1) is 0 Å². The number of allylic oxidation sites excluding steroid dienone is 1. The Labute approximate surface area is 208 Å². The number of hydrogen-bond acceptors (Lipinski definition) is 1. The van der Waals surface area contributed by atoms with Crippen LogP contribution in [0.1, 0.15) is 63.0 Å². The average molecular weight is 460 g/mol. The number of hydrogen-bond donors (Lipinski definition) is 0. The molecule has 4 aromatic carbocycles. The van der Waals surface area contributed by atoms with E-state index in [-0.39, 0.29) is 22.4 Å². The van der Waals surface area contributed by atoms with E-state index in [1.807, 2.05) is 42.5 Å². The molecule has 0 unspecified atom stereocenters. The molecule has 0 saturated heterocycles. The molecule has 2 heteroatoms. The predicted molar refractivity (Wildman–Crippen MR) is 145 cm³/mol. The van der Waals surface area contributed by atoms with Crippen molar-refractivity contribution in [3.63, 3.8) is 0 Å². The van der Waals surface area contributed by atoms with Crippen molar-refractivity contribution in [3.8, 4) is 28.0 Å². The summed E-state index contributed by atoms with van der Waals surface area (Å²) in [6.45, 7) is 12.4. The van der Waals surface area contributed by atoms with Crippen LogP contribution in [0.3, 0.4) is 0 Å². The highest BCUT2D eigenvalue weighted by Gasteiger charge is 2.33. The zero-order valence-corrected chi connectivity index (χ0v) is 21.3. The van der Waals surface area contributed by atoms with Crippen molar-refractivity contribution in [2.75, 3.05) is 0 Å². The summed E-state index contributed by atoms with van der Waals surface area (Å²) in [7, 11) is 0. The van der Waals surface area contributed by atoms with E-state index in [0.29, 0.717) is 10.9 Å². The maximum atomic E-state index is 13.7. The minimum absolute atomic E-state index is 0.0145. The summed E-state index contributed by atoms with van der Waals surface area (Å²) in [5.41, 5.74) is 6.73. The molecule has 0 aliphatic heterocycles. The van der Waals surface area contributed by atoms with Crippen LogP contribution < -0.4 is 0 Å². The molecule has 0 fully saturated rings. The van der Waals surface area contributed by atoms with E-state index in [2.05, 4.69) is 77.9 Å². The summed E-state index contributed by atoms with van der Waals surface area (Å²) in [6, 6.07) is 24.5. The van der Waals surface area contributed by atoms with Gasteiger partial charge in [0, 0.05) is 27.5 Å². The van der Waals surface area contributed by atoms with Crippen LogP contribution in [0.25, 0.3) is 39.1 Å². The van der Waals surface area contributed by atoms with Crippen LogP contribution in [0.15, 0.2) is 78.4 Å². The van der Waals surface area contributed by atoms with Crippen LogP contribution in [0.5, 0.6) is 5.75 Å². The molecule has 35 heavy (non-hydrogen) atoms. The topological polar surface area (TPSA) is 37.0 Å². The highest BCUT2D eigenvalue weighted by Crippen LogP contribution is 2.46. The molecule has 0 amide bonds. The molecule has 1 aliphatic rings. The van der Waals surface area contributed by atoms with Crippen LogP contribution in [0.2, 0.25) is 0 Å². The lowest BCUT2D eigenvalue weighted by Gasteiger charge is -2.29. The van der Waals surface area contributed by atoms with Crippen molar-refractivity contribution in [1.82, 2.24) is 0 Å². The molecular formula is C33H31O2. The van der Waals surface area contributed by atoms with Gasteiger partial charge in [0.25, 0.3) is 0 Å². The second-order valence-corrected chi connectivity index (χ2v) is 11.6. The lowest BCUT2D eigenvalue weighted by Crippen LogP contribution is -2.21. The molecule has 175 valence electrons. The van der Waals surface area contributed by atoms with Crippen molar-refractivity contribution >= 4 is 22.6 Å². The SMILES string of the molecule is CC(C)(C)C1=Cc2cc(C(C)(C)C)c([O])c3cc(-c4ccc(-c5ccccc5)cc4)cc(c23)C1=O. The third-order valence-electron chi connectivity index (χ3n) is 6.95. The lowest BCUT2D eigenvalue weighted by atomic mass is 9.74. The Morgan fingerprint density at radius 3 is 1.77 bits per heavy atom. The van der Waals surface area contributed by atoms with E-state index >= 15 is 0 Å². The Morgan fingerprint density at radius 2 is 1.20 bits per heavy atom. The number of rotatable bonds is 2. The molecule has 0 saturated carbocycles. The van der Waals surface area contributed by atoms with E-state index in [1.54, 1.807) is 0 Å². The molecule has 0 aromatic heterocycles. The number of carbonyl (C=O) groups excluding carboxylic acids is 1. The maximum absolute atomic E-state index is 13.7. The van der Waals surface area contributed by atoms with E-state index < -0.39 is 0 Å². The Hall–Kier alpha value is -3.65. The summed E-state index contributed by atoms with van der Waals surface area (Å²) in [5, 5.41) is 15.1. The Bertz CT molecular complexity index is 1490. The first-order chi connectivity index (χ1) is 16.4. The van der Waals surface area contributed by atoms with Crippen molar-refractivity contribution in [2.45, 2.75) is 47.0 Å². The van der Waals surface area contributed by atoms with Gasteiger partial charge < -0.3 is 0 Å². The number of ketones is 1. The van der Waals surface area contributed by atoms with E-state index in [0.717, 1.165) is 44.3 Å². The van der Waals surface area contributed by atoms with Crippen LogP contribution in [0.4, 0.5) is 0 Å². The molecule has 1 aliphatic carbocycles. The fraction of sp³-hybridized carbons (Fsp3) is 0.242. The molecule has 1 radical (unpaired) electrons. The number of carbonyl (C=O) groups is 1. The first-order valence-electron chi connectivity index (χ1n) is 12.2. The maximum Gasteiger partial charge on any atom is 0.190 e. The highest BCUT2D eigenvalue weighted by atomic mass is 16.3. The largest absolute Gasteiger partial charge is 0.289 e. The van der Waals surface area contributed by atoms with Crippen molar-refractivity contribution in [2.24, 2.45) is 5.41 Å². The minimum atomic E-state index is -0.299. The van der Waals surface area contributed by atoms with Gasteiger partial charge >= 0.3 is 0 Å². The van der Waals surface area contributed by atoms with Gasteiger partial charge in [-0.25, -0.2) is 0 Å². The molecule has 0 bridgehead atoms. The van der Waals surface area contributed by atoms with Crippen LogP contribution in [-0.2, 0) is 10.5 Å². The molecule has 4 aromatic rings. The van der Waals surface area contributed by atoms with E-state index in [9.17, 15) is 9.90 Å². The molecule has 0 N–H and O–H groups in total. The first kappa shape index (κ1) is 23.1. The van der Waals surface area contributed by atoms with E-state index in [1.165, 1.54) is 0 Å². The normalized spacial score (nSPS) is 13.8. The average Bonchev–Trinajstić information content (AvgIpc) is 2.81. The smallest absolute Gasteiger partial charge is 0.190 e. The zero-order valence-electron chi connectivity index (χ0n) is 21.3. The molecule has 2 nitrogen and oxygen atoms in total. The molecular weight excluding hydrogens is 428 g/mol. The molecule has 0 atom stereocenters. The van der Waals surface area contributed by atoms with Gasteiger partial charge in [-0.2, -0.15) is 0 Å². The summed E-state index contributed by atoms with van der Waals surface area (Å²) >= 11 is 0. The Balaban J connectivity index is 1.75. The van der Waals surface area contributed by atoms with Gasteiger partial charge in [-0.05, 0) is 62.9 Å². The fourth-order valence-corrected chi connectivity index (χ4v) is 5.00. The fourth-order valence-electron chi connectivity index (χ4n) is 5.00. The van der Waals surface area contributed by atoms with E-state index in [4.69, 9.17) is 0 Å². The van der Waals surface area contributed by atoms with Gasteiger partial charge in [-0.3, -0.25) is 9.90 Å². The highest BCUT2D eigenvalue weighted by molar-refractivity contribution is 6.24. The molecule has 5 rings (SSSR count). The van der Waals surface area contributed by atoms with Crippen molar-refractivity contribution in [3.05, 3.63) is 95.1 Å². The summed E-state index contributed by atoms with van der Waals surface area (Å²) in [6.07, 6.45) is 2.00. The van der Waals surface area contributed by atoms with Gasteiger partial charge in [0.15, 0.2) is 11.5 Å². The minimum Gasteiger partial charge on any atom is -0.289 e. The summed E-state index contributed by atoms with van der Waals surface area (Å²) in [5.74, 6) is 0.0290. The van der Waals surface area contributed by atoms with Crippen molar-refractivity contribution < 1.29 is 9.90 Å². The first-order valence-corrected chi connectivity index (χ1v) is 12.2. The zero-order chi connectivity index (χ0) is 25.1. The van der Waals surface area contributed by atoms with Gasteiger partial charge in [-0.1, -0.05) is 96.1 Å². The number of benzene rings is 4. The Kier molecular flexibility index (Phi) is 5.25. The summed E-state index contributed by atoms with van der Waals surface area (Å²) < 4.78 is 0. The van der Waals surface area contributed by atoms with Crippen LogP contribution >= 0.6 is 0 Å². The Morgan fingerprint density at radius 1 is 0.629 bits per heavy atom. The van der Waals surface area contributed by atoms with Crippen LogP contribution in [-0.4, -0.2) is 5.78 Å². The third-order valence-corrected chi connectivity index (χ3v) is 6.95. The molecule has 0 heterocycles. The third kappa shape index (κ3) is 3.97. The number of Topliss-reactive ketones (excluding diaryl/α,β-unsaturated/α-hetero) is 1. The standard InChI is InChI=1S/C33H31O2/c1-32(2,3)27-18-24-19-28(33(4,5)6)31(35)26-17-23(16-25(29(24)26)30(27)34)22-14-12-21(13-15-22)20-10-8-7-9-11-20/h7-19H,1-6H3. The molecule has 0 spiro atoms. The second-order valence-electron chi connectivity index (χ2n) is 11.6. The quantitative estimate of drug-likeness (QED) is 0.294. The van der Waals surface area contributed by atoms with Crippen LogP contribution in [0, 0.1) is 5.41 Å². The monoisotopic (exact) mass is 459 g/mol. The van der Waals surface area contributed by atoms with Crippen molar-refractivity contribution in [1.29, 1.82) is 0 Å². The van der Waals surface area contributed by atoms with Gasteiger partial charge in [0.1, 0.15) is 0 Å².